The molecule has 0 N–H and O–H groups in total. The average Bonchev–Trinajstić information content (AvgIpc) is 3.56. The molecule has 0 radical (unpaired) electrons. The lowest BCUT2D eigenvalue weighted by Crippen LogP contribution is -2.69. The Bertz CT molecular complexity index is 2670. The van der Waals surface area contributed by atoms with Gasteiger partial charge in [0.25, 0.3) is 0 Å². The Morgan fingerprint density at radius 3 is 0.672 bits per heavy atom. The van der Waals surface area contributed by atoms with E-state index in [0.29, 0.717) is 0 Å². The minimum atomic E-state index is -3.35. The van der Waals surface area contributed by atoms with Crippen LogP contribution in [0.25, 0.3) is 66.8 Å². The van der Waals surface area contributed by atoms with Crippen LogP contribution < -0.4 is 15.6 Å². The summed E-state index contributed by atoms with van der Waals surface area (Å²) < 4.78 is 0. The fourth-order valence-electron chi connectivity index (χ4n) is 10.3. The van der Waals surface area contributed by atoms with Crippen LogP contribution in [-0.4, -0.2) is 8.07 Å². The molecule has 1 aliphatic carbocycles. The van der Waals surface area contributed by atoms with Gasteiger partial charge in [0.2, 0.25) is 0 Å². The van der Waals surface area contributed by atoms with Gasteiger partial charge in [0.05, 0.1) is 0 Å². The fraction of sp³-hybridized carbons (Fsp3) is 0.0794. The summed E-state index contributed by atoms with van der Waals surface area (Å²) in [6.45, 7) is 9.62. The Morgan fingerprint density at radius 1 is 0.266 bits per heavy atom. The number of hydrogen-bond acceptors (Lipinski definition) is 0. The third kappa shape index (κ3) is 7.53. The fourth-order valence-corrected chi connectivity index (χ4v) is 16.0. The predicted octanol–water partition coefficient (Wildman–Crippen LogP) is 15.0. The van der Waals surface area contributed by atoms with Gasteiger partial charge in [0, 0.05) is 0 Å². The van der Waals surface area contributed by atoms with Crippen molar-refractivity contribution in [3.05, 3.63) is 259 Å². The van der Waals surface area contributed by atoms with Crippen LogP contribution in [0.15, 0.2) is 259 Å². The van der Waals surface area contributed by atoms with E-state index in [4.69, 9.17) is 0 Å². The summed E-state index contributed by atoms with van der Waals surface area (Å²) in [4.78, 5) is 0. The lowest BCUT2D eigenvalue weighted by Gasteiger charge is -2.40. The van der Waals surface area contributed by atoms with Crippen LogP contribution in [-0.2, 0) is 0 Å². The highest BCUT2D eigenvalue weighted by atomic mass is 28.3. The van der Waals surface area contributed by atoms with Crippen molar-refractivity contribution in [3.63, 3.8) is 0 Å². The zero-order chi connectivity index (χ0) is 43.6. The van der Waals surface area contributed by atoms with Crippen LogP contribution >= 0.6 is 0 Å². The van der Waals surface area contributed by atoms with Gasteiger partial charge in [-0.1, -0.05) is 242 Å². The van der Waals surface area contributed by atoms with E-state index in [1.165, 1.54) is 99.0 Å². The minimum Gasteiger partial charge on any atom is -0.0636 e. The Balaban J connectivity index is 1.43. The van der Waals surface area contributed by atoms with Gasteiger partial charge in [-0.2, -0.15) is 0 Å². The second kappa shape index (κ2) is 17.4. The van der Waals surface area contributed by atoms with Crippen LogP contribution in [0.1, 0.15) is 27.7 Å². The molecular formula is C63H52Si. The normalized spacial score (nSPS) is 14.0. The highest BCUT2D eigenvalue weighted by Gasteiger charge is 2.49. The predicted molar refractivity (Wildman–Crippen MR) is 277 cm³/mol. The zero-order valence-corrected chi connectivity index (χ0v) is 38.1. The first-order valence-electron chi connectivity index (χ1n) is 22.6. The van der Waals surface area contributed by atoms with Crippen LogP contribution in [0.2, 0.25) is 0 Å². The largest absolute Gasteiger partial charge is 0.176 e. The molecule has 0 saturated heterocycles. The maximum Gasteiger partial charge on any atom is 0.176 e. The lowest BCUT2D eigenvalue weighted by atomic mass is 9.98. The van der Waals surface area contributed by atoms with E-state index in [0.717, 1.165) is 0 Å². The molecule has 0 saturated carbocycles. The summed E-state index contributed by atoms with van der Waals surface area (Å²) in [7, 11) is -3.35. The SMILES string of the molecule is CC1=C(C)C(C)C([Si](c2cc(-c3ccccc3)cc(-c3ccccc3)c2)(c2cc(-c3ccccc3)cc(-c3ccccc3)c2)c2cc(-c3ccccc3)cc(-c3ccccc3)c2)=C1C. The summed E-state index contributed by atoms with van der Waals surface area (Å²) >= 11 is 0. The van der Waals surface area contributed by atoms with Crippen molar-refractivity contribution >= 4 is 23.6 Å². The second-order valence-corrected chi connectivity index (χ2v) is 21.2. The number of benzene rings is 9. The molecule has 0 nitrogen and oxygen atoms in total. The van der Waals surface area contributed by atoms with Crippen molar-refractivity contribution in [2.75, 3.05) is 0 Å². The summed E-state index contributed by atoms with van der Waals surface area (Å²) in [5, 5.41) is 5.69. The molecule has 1 unspecified atom stereocenters. The second-order valence-electron chi connectivity index (χ2n) is 17.4. The monoisotopic (exact) mass is 836 g/mol. The Labute approximate surface area is 380 Å². The minimum absolute atomic E-state index is 0.216. The van der Waals surface area contributed by atoms with Crippen molar-refractivity contribution < 1.29 is 0 Å². The number of rotatable bonds is 10. The molecule has 0 aliphatic heterocycles. The van der Waals surface area contributed by atoms with Gasteiger partial charge in [-0.25, -0.2) is 0 Å². The van der Waals surface area contributed by atoms with E-state index in [-0.39, 0.29) is 5.92 Å². The molecule has 0 spiro atoms. The molecule has 0 aromatic heterocycles. The summed E-state index contributed by atoms with van der Waals surface area (Å²) in [5.41, 5.74) is 18.9. The van der Waals surface area contributed by atoms with Gasteiger partial charge in [-0.3, -0.25) is 0 Å². The van der Waals surface area contributed by atoms with Crippen LogP contribution in [0, 0.1) is 5.92 Å². The molecule has 1 atom stereocenters. The lowest BCUT2D eigenvalue weighted by molar-refractivity contribution is 0.851. The third-order valence-electron chi connectivity index (χ3n) is 13.8. The Morgan fingerprint density at radius 2 is 0.484 bits per heavy atom. The highest BCUT2D eigenvalue weighted by molar-refractivity contribution is 7.16. The molecule has 1 aliphatic rings. The quantitative estimate of drug-likeness (QED) is 0.0951. The molecule has 0 fully saturated rings. The number of hydrogen-bond donors (Lipinski definition) is 0. The summed E-state index contributed by atoms with van der Waals surface area (Å²) in [6.07, 6.45) is 0. The van der Waals surface area contributed by atoms with Gasteiger partial charge in [-0.05, 0) is 133 Å². The van der Waals surface area contributed by atoms with Gasteiger partial charge in [0.1, 0.15) is 0 Å². The summed E-state index contributed by atoms with van der Waals surface area (Å²) in [6, 6.07) is 88.6. The first-order chi connectivity index (χ1) is 31.4. The van der Waals surface area contributed by atoms with Crippen molar-refractivity contribution in [2.45, 2.75) is 27.7 Å². The molecule has 0 bridgehead atoms. The van der Waals surface area contributed by atoms with Gasteiger partial charge < -0.3 is 0 Å². The van der Waals surface area contributed by atoms with E-state index in [9.17, 15) is 0 Å². The zero-order valence-electron chi connectivity index (χ0n) is 37.1. The molecular weight excluding hydrogens is 785 g/mol. The van der Waals surface area contributed by atoms with E-state index in [1.54, 1.807) is 5.20 Å². The van der Waals surface area contributed by atoms with Gasteiger partial charge >= 0.3 is 0 Å². The van der Waals surface area contributed by atoms with Crippen molar-refractivity contribution in [1.29, 1.82) is 0 Å². The first-order valence-corrected chi connectivity index (χ1v) is 24.6. The van der Waals surface area contributed by atoms with Crippen LogP contribution in [0.3, 0.4) is 0 Å². The van der Waals surface area contributed by atoms with Crippen molar-refractivity contribution in [3.8, 4) is 66.8 Å². The molecule has 308 valence electrons. The molecule has 9 aromatic rings. The van der Waals surface area contributed by atoms with E-state index >= 15 is 0 Å². The van der Waals surface area contributed by atoms with E-state index in [2.05, 4.69) is 264 Å². The summed E-state index contributed by atoms with van der Waals surface area (Å²) in [5.74, 6) is 0.216. The van der Waals surface area contributed by atoms with Crippen LogP contribution in [0.4, 0.5) is 0 Å². The third-order valence-corrected chi connectivity index (χ3v) is 18.9. The molecule has 0 heterocycles. The van der Waals surface area contributed by atoms with Crippen molar-refractivity contribution in [1.82, 2.24) is 0 Å². The standard InChI is InChI=1S/C63H52Si/c1-44-45(2)47(4)63(46(44)3)64(60-38-54(48-23-11-5-12-24-48)35-55(39-60)49-25-13-6-14-26-49,61-40-56(50-27-15-7-16-28-50)36-57(41-61)51-29-17-8-18-30-51)62-42-58(52-31-19-9-20-32-52)37-59(43-62)53-33-21-10-22-34-53/h5-43,46H,1-4H3. The molecule has 1 heteroatoms. The van der Waals surface area contributed by atoms with Crippen molar-refractivity contribution in [2.24, 2.45) is 5.92 Å². The Hall–Kier alpha value is -7.32. The first kappa shape index (κ1) is 40.7. The molecule has 0 amide bonds. The average molecular weight is 837 g/mol. The molecule has 64 heavy (non-hydrogen) atoms. The van der Waals surface area contributed by atoms with Crippen LogP contribution in [0.5, 0.6) is 0 Å². The van der Waals surface area contributed by atoms with Gasteiger partial charge in [-0.15, -0.1) is 0 Å². The Kier molecular flexibility index (Phi) is 11.1. The number of allylic oxidation sites excluding steroid dienone is 4. The maximum atomic E-state index is 2.57. The highest BCUT2D eigenvalue weighted by Crippen LogP contribution is 2.43. The molecule has 9 aromatic carbocycles. The van der Waals surface area contributed by atoms with E-state index < -0.39 is 8.07 Å². The molecule has 10 rings (SSSR count). The maximum absolute atomic E-state index is 3.35. The van der Waals surface area contributed by atoms with E-state index in [1.807, 2.05) is 0 Å². The smallest absolute Gasteiger partial charge is 0.0636 e. The topological polar surface area (TPSA) is 0 Å². The van der Waals surface area contributed by atoms with Gasteiger partial charge in [0.15, 0.2) is 8.07 Å².